The van der Waals surface area contributed by atoms with Crippen LogP contribution in [0.1, 0.15) is 6.92 Å². The molecule has 104 valence electrons. The van der Waals surface area contributed by atoms with E-state index in [4.69, 9.17) is 4.74 Å². The Morgan fingerprint density at radius 1 is 1.42 bits per heavy atom. The zero-order valence-corrected chi connectivity index (χ0v) is 11.6. The lowest BCUT2D eigenvalue weighted by molar-refractivity contribution is -0.124. The Kier molecular flexibility index (Phi) is 4.27. The fourth-order valence-electron chi connectivity index (χ4n) is 2.40. The normalized spacial score (nSPS) is 23.1. The fraction of sp³-hybridized carbons (Fsp3) is 0.500. The number of nitrogens with one attached hydrogen (secondary N) is 2. The highest BCUT2D eigenvalue weighted by Crippen LogP contribution is 2.23. The minimum atomic E-state index is -0.172. The van der Waals surface area contributed by atoms with Crippen molar-refractivity contribution in [1.29, 1.82) is 0 Å². The van der Waals surface area contributed by atoms with Crippen molar-refractivity contribution >= 4 is 11.6 Å². The number of methoxy groups -OCH3 is 1. The first-order valence-electron chi connectivity index (χ1n) is 6.51. The maximum absolute atomic E-state index is 12.1. The summed E-state index contributed by atoms with van der Waals surface area (Å²) in [6.45, 7) is 3.46. The van der Waals surface area contributed by atoms with E-state index in [2.05, 4.69) is 15.5 Å². The van der Waals surface area contributed by atoms with Gasteiger partial charge in [0, 0.05) is 24.8 Å². The van der Waals surface area contributed by atoms with Gasteiger partial charge in [0.15, 0.2) is 0 Å². The lowest BCUT2D eigenvalue weighted by Gasteiger charge is -2.39. The average Bonchev–Trinajstić information content (AvgIpc) is 2.42. The van der Waals surface area contributed by atoms with E-state index in [1.807, 2.05) is 38.2 Å². The summed E-state index contributed by atoms with van der Waals surface area (Å²) in [7, 11) is 3.51. The van der Waals surface area contributed by atoms with E-state index >= 15 is 0 Å². The number of likely N-dealkylation sites (N-methyl/N-ethyl adjacent to an activating group) is 1. The van der Waals surface area contributed by atoms with Crippen molar-refractivity contribution in [1.82, 2.24) is 10.6 Å². The smallest absolute Gasteiger partial charge is 0.244 e. The Hall–Kier alpha value is -1.75. The van der Waals surface area contributed by atoms with Crippen LogP contribution in [0, 0.1) is 0 Å². The van der Waals surface area contributed by atoms with Gasteiger partial charge in [-0.25, -0.2) is 0 Å². The van der Waals surface area contributed by atoms with Crippen LogP contribution < -0.4 is 20.3 Å². The van der Waals surface area contributed by atoms with Crippen LogP contribution in [-0.2, 0) is 4.79 Å². The molecular formula is C14H21N3O2. The molecule has 5 heteroatoms. The quantitative estimate of drug-likeness (QED) is 0.835. The molecular weight excluding hydrogens is 242 g/mol. The van der Waals surface area contributed by atoms with Crippen molar-refractivity contribution in [2.75, 3.05) is 32.1 Å². The molecule has 2 N–H and O–H groups in total. The summed E-state index contributed by atoms with van der Waals surface area (Å²) in [5, 5.41) is 6.07. The number of nitrogens with zero attached hydrogens (tertiary/aromatic N) is 1. The molecule has 0 spiro atoms. The summed E-state index contributed by atoms with van der Waals surface area (Å²) < 4.78 is 5.16. The van der Waals surface area contributed by atoms with Gasteiger partial charge in [-0.2, -0.15) is 0 Å². The molecule has 2 rings (SSSR count). The predicted molar refractivity (Wildman–Crippen MR) is 75.7 cm³/mol. The first-order valence-corrected chi connectivity index (χ1v) is 6.51. The molecule has 0 aromatic heterocycles. The number of benzene rings is 1. The molecule has 2 atom stereocenters. The van der Waals surface area contributed by atoms with Crippen molar-refractivity contribution < 1.29 is 9.53 Å². The molecule has 1 fully saturated rings. The van der Waals surface area contributed by atoms with Gasteiger partial charge in [-0.1, -0.05) is 0 Å². The number of hydrogen-bond donors (Lipinski definition) is 2. The zero-order chi connectivity index (χ0) is 13.8. The van der Waals surface area contributed by atoms with Gasteiger partial charge in [0.05, 0.1) is 7.11 Å². The number of anilines is 1. The lowest BCUT2D eigenvalue weighted by atomic mass is 10.1. The second-order valence-electron chi connectivity index (χ2n) is 4.83. The third-order valence-corrected chi connectivity index (χ3v) is 3.34. The Balaban J connectivity index is 2.23. The van der Waals surface area contributed by atoms with Crippen LogP contribution in [0.5, 0.6) is 5.75 Å². The Morgan fingerprint density at radius 3 is 2.68 bits per heavy atom. The molecule has 1 aliphatic heterocycles. The first-order chi connectivity index (χ1) is 9.15. The number of ether oxygens (including phenoxy) is 1. The Labute approximate surface area is 113 Å². The van der Waals surface area contributed by atoms with Crippen molar-refractivity contribution in [3.05, 3.63) is 24.3 Å². The Bertz CT molecular complexity index is 433. The minimum Gasteiger partial charge on any atom is -0.497 e. The number of carbonyl (C=O) groups is 1. The van der Waals surface area contributed by atoms with Crippen molar-refractivity contribution in [3.63, 3.8) is 0 Å². The Morgan fingerprint density at radius 2 is 2.11 bits per heavy atom. The third kappa shape index (κ3) is 2.98. The van der Waals surface area contributed by atoms with Gasteiger partial charge in [-0.15, -0.1) is 0 Å². The molecule has 5 nitrogen and oxygen atoms in total. The summed E-state index contributed by atoms with van der Waals surface area (Å²) >= 11 is 0. The van der Waals surface area contributed by atoms with Crippen molar-refractivity contribution in [3.8, 4) is 5.75 Å². The van der Waals surface area contributed by atoms with Crippen LogP contribution in [0.25, 0.3) is 0 Å². The average molecular weight is 263 g/mol. The van der Waals surface area contributed by atoms with Gasteiger partial charge >= 0.3 is 0 Å². The standard InChI is InChI=1S/C14H21N3O2/c1-10-9-17(13(8-15-2)14(18)16-10)11-4-6-12(19-3)7-5-11/h4-7,10,13,15H,8-9H2,1-3H3,(H,16,18). The molecule has 2 unspecified atom stereocenters. The molecule has 1 aromatic carbocycles. The third-order valence-electron chi connectivity index (χ3n) is 3.34. The van der Waals surface area contributed by atoms with Crippen LogP contribution in [0.3, 0.4) is 0 Å². The number of amides is 1. The molecule has 0 aliphatic carbocycles. The molecule has 1 amide bonds. The predicted octanol–water partition coefficient (Wildman–Crippen LogP) is 0.608. The SMILES string of the molecule is CNCC1C(=O)NC(C)CN1c1ccc(OC)cc1. The van der Waals surface area contributed by atoms with Crippen LogP contribution in [-0.4, -0.2) is 45.2 Å². The van der Waals surface area contributed by atoms with Crippen molar-refractivity contribution in [2.24, 2.45) is 0 Å². The fourth-order valence-corrected chi connectivity index (χ4v) is 2.40. The first kappa shape index (κ1) is 13.7. The molecule has 1 aliphatic rings. The summed E-state index contributed by atoms with van der Waals surface area (Å²) in [6, 6.07) is 7.81. The maximum atomic E-state index is 12.1. The second kappa shape index (κ2) is 5.93. The van der Waals surface area contributed by atoms with E-state index in [0.717, 1.165) is 18.0 Å². The van der Waals surface area contributed by atoms with E-state index < -0.39 is 0 Å². The minimum absolute atomic E-state index is 0.0731. The van der Waals surface area contributed by atoms with E-state index in [1.54, 1.807) is 7.11 Å². The van der Waals surface area contributed by atoms with Crippen LogP contribution in [0.2, 0.25) is 0 Å². The summed E-state index contributed by atoms with van der Waals surface area (Å²) in [6.07, 6.45) is 0. The highest BCUT2D eigenvalue weighted by Gasteiger charge is 2.32. The highest BCUT2D eigenvalue weighted by molar-refractivity contribution is 5.87. The number of rotatable bonds is 4. The van der Waals surface area contributed by atoms with Crippen LogP contribution in [0.4, 0.5) is 5.69 Å². The maximum Gasteiger partial charge on any atom is 0.244 e. The molecule has 1 saturated heterocycles. The monoisotopic (exact) mass is 263 g/mol. The van der Waals surface area contributed by atoms with E-state index in [0.29, 0.717) is 6.54 Å². The summed E-state index contributed by atoms with van der Waals surface area (Å²) in [5.74, 6) is 0.896. The van der Waals surface area contributed by atoms with Gasteiger partial charge in [0.25, 0.3) is 0 Å². The van der Waals surface area contributed by atoms with Gasteiger partial charge in [-0.3, -0.25) is 4.79 Å². The van der Waals surface area contributed by atoms with Crippen LogP contribution in [0.15, 0.2) is 24.3 Å². The topological polar surface area (TPSA) is 53.6 Å². The van der Waals surface area contributed by atoms with E-state index in [9.17, 15) is 4.79 Å². The molecule has 0 bridgehead atoms. The van der Waals surface area contributed by atoms with Crippen LogP contribution >= 0.6 is 0 Å². The largest absolute Gasteiger partial charge is 0.497 e. The summed E-state index contributed by atoms with van der Waals surface area (Å²) in [4.78, 5) is 14.2. The van der Waals surface area contributed by atoms with Gasteiger partial charge in [0.1, 0.15) is 11.8 Å². The molecule has 0 radical (unpaired) electrons. The molecule has 1 heterocycles. The summed E-state index contributed by atoms with van der Waals surface area (Å²) in [5.41, 5.74) is 1.04. The van der Waals surface area contributed by atoms with Gasteiger partial charge in [0.2, 0.25) is 5.91 Å². The lowest BCUT2D eigenvalue weighted by Crippen LogP contribution is -2.62. The van der Waals surface area contributed by atoms with Gasteiger partial charge in [-0.05, 0) is 38.2 Å². The molecule has 1 aromatic rings. The molecule has 0 saturated carbocycles. The second-order valence-corrected chi connectivity index (χ2v) is 4.83. The zero-order valence-electron chi connectivity index (χ0n) is 11.6. The number of piperazine rings is 1. The highest BCUT2D eigenvalue weighted by atomic mass is 16.5. The van der Waals surface area contributed by atoms with E-state index in [-0.39, 0.29) is 18.0 Å². The molecule has 19 heavy (non-hydrogen) atoms. The number of hydrogen-bond acceptors (Lipinski definition) is 4. The van der Waals surface area contributed by atoms with Gasteiger partial charge < -0.3 is 20.3 Å². The number of carbonyl (C=O) groups excluding carboxylic acids is 1. The van der Waals surface area contributed by atoms with E-state index in [1.165, 1.54) is 0 Å². The van der Waals surface area contributed by atoms with Crippen molar-refractivity contribution in [2.45, 2.75) is 19.0 Å².